The van der Waals surface area contributed by atoms with E-state index in [1.807, 2.05) is 54.6 Å². The van der Waals surface area contributed by atoms with Crippen LogP contribution in [-0.4, -0.2) is 6.29 Å². The lowest BCUT2D eigenvalue weighted by molar-refractivity contribution is 0.112. The molecule has 3 rings (SSSR count). The van der Waals surface area contributed by atoms with Gasteiger partial charge < -0.3 is 0 Å². The van der Waals surface area contributed by atoms with Gasteiger partial charge in [0.15, 0.2) is 0 Å². The summed E-state index contributed by atoms with van der Waals surface area (Å²) in [6.07, 6.45) is 0.842. The number of hydrogen-bond donors (Lipinski definition) is 0. The quantitative estimate of drug-likeness (QED) is 0.622. The van der Waals surface area contributed by atoms with Crippen LogP contribution in [0.3, 0.4) is 0 Å². The Hall–Kier alpha value is -2.48. The molecule has 0 amide bonds. The van der Waals surface area contributed by atoms with Gasteiger partial charge in [0.1, 0.15) is 13.0 Å². The molecule has 3 aromatic rings. The van der Waals surface area contributed by atoms with E-state index in [9.17, 15) is 9.18 Å². The van der Waals surface area contributed by atoms with Crippen molar-refractivity contribution in [2.75, 3.05) is 0 Å². The van der Waals surface area contributed by atoms with Crippen molar-refractivity contribution in [1.82, 2.24) is 0 Å². The Morgan fingerprint density at radius 1 is 0.950 bits per heavy atom. The maximum atomic E-state index is 12.8. The molecule has 0 aromatic heterocycles. The molecule has 2 heteroatoms. The van der Waals surface area contributed by atoms with Gasteiger partial charge in [0, 0.05) is 5.56 Å². The number of carbonyl (C=O) groups is 1. The molecule has 0 saturated carbocycles. The van der Waals surface area contributed by atoms with E-state index in [1.54, 1.807) is 6.07 Å². The highest BCUT2D eigenvalue weighted by atomic mass is 19.1. The van der Waals surface area contributed by atoms with Crippen LogP contribution in [0.4, 0.5) is 4.39 Å². The fourth-order valence-electron chi connectivity index (χ4n) is 2.46. The van der Waals surface area contributed by atoms with Crippen molar-refractivity contribution in [3.05, 3.63) is 71.8 Å². The van der Waals surface area contributed by atoms with Gasteiger partial charge in [0.2, 0.25) is 0 Å². The third-order valence-electron chi connectivity index (χ3n) is 3.41. The Morgan fingerprint density at radius 3 is 2.60 bits per heavy atom. The van der Waals surface area contributed by atoms with Gasteiger partial charge >= 0.3 is 0 Å². The Bertz CT molecular complexity index is 777. The molecule has 98 valence electrons. The van der Waals surface area contributed by atoms with Crippen molar-refractivity contribution < 1.29 is 9.18 Å². The average molecular weight is 264 g/mol. The summed E-state index contributed by atoms with van der Waals surface area (Å²) in [4.78, 5) is 11.1. The van der Waals surface area contributed by atoms with E-state index in [0.29, 0.717) is 11.1 Å². The van der Waals surface area contributed by atoms with Crippen LogP contribution in [-0.2, 0) is 6.67 Å². The number of alkyl halides is 1. The molecule has 1 nitrogen and oxygen atoms in total. The standard InChI is InChI=1S/C18H13FO/c19-11-13-4-3-6-16(8-13)18-10-14(12-20)9-15-5-1-2-7-17(15)18/h1-10,12H,11H2. The zero-order valence-electron chi connectivity index (χ0n) is 10.8. The topological polar surface area (TPSA) is 17.1 Å². The number of hydrogen-bond acceptors (Lipinski definition) is 1. The summed E-state index contributed by atoms with van der Waals surface area (Å²) in [5.74, 6) is 0. The molecule has 0 heterocycles. The molecule has 0 radical (unpaired) electrons. The number of halogens is 1. The van der Waals surface area contributed by atoms with E-state index in [-0.39, 0.29) is 0 Å². The Labute approximate surface area is 116 Å². The van der Waals surface area contributed by atoms with Crippen LogP contribution < -0.4 is 0 Å². The molecule has 20 heavy (non-hydrogen) atoms. The fraction of sp³-hybridized carbons (Fsp3) is 0.0556. The van der Waals surface area contributed by atoms with Crippen molar-refractivity contribution in [2.45, 2.75) is 6.67 Å². The first-order valence-corrected chi connectivity index (χ1v) is 6.45. The van der Waals surface area contributed by atoms with Crippen LogP contribution >= 0.6 is 0 Å². The second kappa shape index (κ2) is 5.25. The molecule has 0 aliphatic rings. The maximum Gasteiger partial charge on any atom is 0.150 e. The third-order valence-corrected chi connectivity index (χ3v) is 3.41. The van der Waals surface area contributed by atoms with Gasteiger partial charge in [-0.25, -0.2) is 4.39 Å². The number of rotatable bonds is 3. The number of carbonyl (C=O) groups excluding carboxylic acids is 1. The van der Waals surface area contributed by atoms with Gasteiger partial charge in [-0.1, -0.05) is 42.5 Å². The molecule has 0 atom stereocenters. The zero-order chi connectivity index (χ0) is 13.9. The monoisotopic (exact) mass is 264 g/mol. The minimum absolute atomic E-state index is 0.487. The molecule has 0 spiro atoms. The largest absolute Gasteiger partial charge is 0.298 e. The maximum absolute atomic E-state index is 12.8. The van der Waals surface area contributed by atoms with E-state index in [1.165, 1.54) is 0 Å². The Balaban J connectivity index is 2.30. The predicted octanol–water partition coefficient (Wildman–Crippen LogP) is 4.79. The fourth-order valence-corrected chi connectivity index (χ4v) is 2.46. The second-order valence-corrected chi connectivity index (χ2v) is 4.74. The van der Waals surface area contributed by atoms with Crippen LogP contribution in [0.15, 0.2) is 60.7 Å². The summed E-state index contributed by atoms with van der Waals surface area (Å²) >= 11 is 0. The molecule has 3 aromatic carbocycles. The van der Waals surface area contributed by atoms with Crippen molar-refractivity contribution in [3.63, 3.8) is 0 Å². The van der Waals surface area contributed by atoms with Crippen molar-refractivity contribution in [3.8, 4) is 11.1 Å². The summed E-state index contributed by atoms with van der Waals surface area (Å²) in [7, 11) is 0. The van der Waals surface area contributed by atoms with Crippen molar-refractivity contribution in [2.24, 2.45) is 0 Å². The van der Waals surface area contributed by atoms with Gasteiger partial charge in [0.05, 0.1) is 0 Å². The molecular weight excluding hydrogens is 251 g/mol. The summed E-state index contributed by atoms with van der Waals surface area (Å²) in [6, 6.07) is 19.0. The van der Waals surface area contributed by atoms with Gasteiger partial charge in [-0.15, -0.1) is 0 Å². The number of fused-ring (bicyclic) bond motifs is 1. The van der Waals surface area contributed by atoms with Gasteiger partial charge in [0.25, 0.3) is 0 Å². The first-order chi connectivity index (χ1) is 9.81. The van der Waals surface area contributed by atoms with Crippen LogP contribution in [0, 0.1) is 0 Å². The van der Waals surface area contributed by atoms with E-state index in [2.05, 4.69) is 0 Å². The van der Waals surface area contributed by atoms with Gasteiger partial charge in [-0.3, -0.25) is 4.79 Å². The predicted molar refractivity (Wildman–Crippen MR) is 79.6 cm³/mol. The molecular formula is C18H13FO. The molecule has 0 unspecified atom stereocenters. The zero-order valence-corrected chi connectivity index (χ0v) is 10.8. The lowest BCUT2D eigenvalue weighted by Gasteiger charge is -2.09. The smallest absolute Gasteiger partial charge is 0.150 e. The summed E-state index contributed by atoms with van der Waals surface area (Å²) in [6.45, 7) is -0.487. The highest BCUT2D eigenvalue weighted by Gasteiger charge is 2.07. The second-order valence-electron chi connectivity index (χ2n) is 4.74. The Kier molecular flexibility index (Phi) is 3.30. The number of aldehydes is 1. The minimum atomic E-state index is -0.487. The van der Waals surface area contributed by atoms with E-state index in [4.69, 9.17) is 0 Å². The van der Waals surface area contributed by atoms with E-state index in [0.717, 1.165) is 28.2 Å². The normalized spacial score (nSPS) is 10.7. The molecule has 0 aliphatic carbocycles. The highest BCUT2D eigenvalue weighted by Crippen LogP contribution is 2.30. The van der Waals surface area contributed by atoms with Crippen LogP contribution in [0.25, 0.3) is 21.9 Å². The van der Waals surface area contributed by atoms with Crippen molar-refractivity contribution >= 4 is 17.1 Å². The number of benzene rings is 3. The SMILES string of the molecule is O=Cc1cc(-c2cccc(CF)c2)c2ccccc2c1. The molecule has 0 saturated heterocycles. The summed E-state index contributed by atoms with van der Waals surface area (Å²) in [5.41, 5.74) is 3.16. The van der Waals surface area contributed by atoms with E-state index >= 15 is 0 Å². The lowest BCUT2D eigenvalue weighted by Crippen LogP contribution is -1.88. The molecule has 0 bridgehead atoms. The molecule has 0 aliphatic heterocycles. The summed E-state index contributed by atoms with van der Waals surface area (Å²) in [5, 5.41) is 2.08. The minimum Gasteiger partial charge on any atom is -0.298 e. The molecule has 0 N–H and O–H groups in total. The Morgan fingerprint density at radius 2 is 1.80 bits per heavy atom. The van der Waals surface area contributed by atoms with Gasteiger partial charge in [-0.05, 0) is 45.7 Å². The lowest BCUT2D eigenvalue weighted by atomic mass is 9.95. The third kappa shape index (κ3) is 2.21. The average Bonchev–Trinajstić information content (AvgIpc) is 2.53. The van der Waals surface area contributed by atoms with Gasteiger partial charge in [-0.2, -0.15) is 0 Å². The van der Waals surface area contributed by atoms with Crippen LogP contribution in [0.2, 0.25) is 0 Å². The first kappa shape index (κ1) is 12.5. The highest BCUT2D eigenvalue weighted by molar-refractivity contribution is 6.00. The van der Waals surface area contributed by atoms with Crippen LogP contribution in [0.5, 0.6) is 0 Å². The van der Waals surface area contributed by atoms with E-state index < -0.39 is 6.67 Å². The first-order valence-electron chi connectivity index (χ1n) is 6.45. The summed E-state index contributed by atoms with van der Waals surface area (Å²) < 4.78 is 12.8. The van der Waals surface area contributed by atoms with Crippen LogP contribution in [0.1, 0.15) is 15.9 Å². The molecule has 0 fully saturated rings. The van der Waals surface area contributed by atoms with Crippen molar-refractivity contribution in [1.29, 1.82) is 0 Å².